The third-order valence-electron chi connectivity index (χ3n) is 6.66. The summed E-state index contributed by atoms with van der Waals surface area (Å²) in [7, 11) is -2.40. The van der Waals surface area contributed by atoms with Crippen LogP contribution in [0.2, 0.25) is 0 Å². The van der Waals surface area contributed by atoms with E-state index >= 15 is 0 Å². The molecule has 1 aliphatic heterocycles. The number of hydrogen-bond donors (Lipinski definition) is 0. The number of aryl methyl sites for hydroxylation is 2. The first kappa shape index (κ1) is 26.0. The topological polar surface area (TPSA) is 98.0 Å². The number of carbonyl (C=O) groups excluding carboxylic acids is 2. The molecule has 4 aromatic rings. The molecular formula is C28H27N3O5S2. The molecule has 0 bridgehead atoms. The molecule has 0 saturated carbocycles. The fourth-order valence-electron chi connectivity index (χ4n) is 4.69. The lowest BCUT2D eigenvalue weighted by Crippen LogP contribution is -2.35. The van der Waals surface area contributed by atoms with Gasteiger partial charge in [0.2, 0.25) is 10.0 Å². The first-order valence-electron chi connectivity index (χ1n) is 12.1. The van der Waals surface area contributed by atoms with Crippen LogP contribution in [0.3, 0.4) is 0 Å². The molecule has 10 heteroatoms. The SMILES string of the molecule is COC(=O)Cn1c(=NC(=O)c2ccc(S(=O)(=O)N3CCc4ccccc4C3)cc2)sc2c(C)cc(C)cc21. The van der Waals surface area contributed by atoms with Gasteiger partial charge >= 0.3 is 5.97 Å². The smallest absolute Gasteiger partial charge is 0.325 e. The summed E-state index contributed by atoms with van der Waals surface area (Å²) >= 11 is 1.32. The molecule has 1 amide bonds. The summed E-state index contributed by atoms with van der Waals surface area (Å²) in [6.45, 7) is 4.58. The molecule has 5 rings (SSSR count). The van der Waals surface area contributed by atoms with E-state index in [2.05, 4.69) is 4.99 Å². The molecule has 0 spiro atoms. The average Bonchev–Trinajstić information content (AvgIpc) is 3.25. The average molecular weight is 550 g/mol. The molecule has 0 fully saturated rings. The Labute approximate surface area is 224 Å². The lowest BCUT2D eigenvalue weighted by molar-refractivity contribution is -0.141. The normalized spacial score (nSPS) is 14.4. The van der Waals surface area contributed by atoms with E-state index in [-0.39, 0.29) is 17.0 Å². The van der Waals surface area contributed by atoms with E-state index in [0.717, 1.165) is 32.5 Å². The second kappa shape index (κ2) is 10.3. The molecule has 0 saturated heterocycles. The maximum absolute atomic E-state index is 13.3. The zero-order valence-electron chi connectivity index (χ0n) is 21.3. The molecular weight excluding hydrogens is 522 g/mol. The highest BCUT2D eigenvalue weighted by Crippen LogP contribution is 2.26. The predicted molar refractivity (Wildman–Crippen MR) is 145 cm³/mol. The second-order valence-corrected chi connectivity index (χ2v) is 12.2. The Morgan fingerprint density at radius 2 is 1.74 bits per heavy atom. The van der Waals surface area contributed by atoms with Gasteiger partial charge in [-0.1, -0.05) is 41.7 Å². The highest BCUT2D eigenvalue weighted by atomic mass is 32.2. The lowest BCUT2D eigenvalue weighted by atomic mass is 10.0. The summed E-state index contributed by atoms with van der Waals surface area (Å²) in [5, 5.41) is 0. The predicted octanol–water partition coefficient (Wildman–Crippen LogP) is 3.98. The van der Waals surface area contributed by atoms with E-state index in [0.29, 0.717) is 24.3 Å². The highest BCUT2D eigenvalue weighted by molar-refractivity contribution is 7.89. The maximum atomic E-state index is 13.3. The van der Waals surface area contributed by atoms with Crippen molar-refractivity contribution in [2.75, 3.05) is 13.7 Å². The number of hydrogen-bond acceptors (Lipinski definition) is 6. The number of esters is 1. The van der Waals surface area contributed by atoms with E-state index in [9.17, 15) is 18.0 Å². The number of benzene rings is 3. The van der Waals surface area contributed by atoms with Gasteiger partial charge in [0.15, 0.2) is 4.80 Å². The van der Waals surface area contributed by atoms with Gasteiger partial charge in [-0.25, -0.2) is 8.42 Å². The minimum absolute atomic E-state index is 0.0817. The van der Waals surface area contributed by atoms with Crippen LogP contribution in [0, 0.1) is 13.8 Å². The van der Waals surface area contributed by atoms with Crippen molar-refractivity contribution in [1.82, 2.24) is 8.87 Å². The van der Waals surface area contributed by atoms with E-state index in [1.165, 1.54) is 47.0 Å². The van der Waals surface area contributed by atoms with Crippen molar-refractivity contribution in [2.24, 2.45) is 4.99 Å². The minimum Gasteiger partial charge on any atom is -0.468 e. The third-order valence-corrected chi connectivity index (χ3v) is 9.75. The zero-order chi connectivity index (χ0) is 27.0. The van der Waals surface area contributed by atoms with Gasteiger partial charge in [0.05, 0.1) is 22.2 Å². The van der Waals surface area contributed by atoms with E-state index in [1.807, 2.05) is 50.2 Å². The van der Waals surface area contributed by atoms with Gasteiger partial charge in [-0.3, -0.25) is 9.59 Å². The van der Waals surface area contributed by atoms with Crippen LogP contribution < -0.4 is 4.80 Å². The van der Waals surface area contributed by atoms with Crippen molar-refractivity contribution in [3.63, 3.8) is 0 Å². The Bertz CT molecular complexity index is 1730. The molecule has 196 valence electrons. The van der Waals surface area contributed by atoms with Crippen molar-refractivity contribution < 1.29 is 22.7 Å². The fraction of sp³-hybridized carbons (Fsp3) is 0.250. The summed E-state index contributed by atoms with van der Waals surface area (Å²) in [5.41, 5.74) is 5.27. The summed E-state index contributed by atoms with van der Waals surface area (Å²) < 4.78 is 35.5. The van der Waals surface area contributed by atoms with Crippen LogP contribution in [0.4, 0.5) is 0 Å². The Morgan fingerprint density at radius 3 is 2.45 bits per heavy atom. The first-order chi connectivity index (χ1) is 18.2. The summed E-state index contributed by atoms with van der Waals surface area (Å²) in [4.78, 5) is 30.0. The summed E-state index contributed by atoms with van der Waals surface area (Å²) in [5.74, 6) is -0.979. The zero-order valence-corrected chi connectivity index (χ0v) is 22.9. The molecule has 38 heavy (non-hydrogen) atoms. The Morgan fingerprint density at radius 1 is 1.03 bits per heavy atom. The molecule has 0 unspecified atom stereocenters. The van der Waals surface area contributed by atoms with Crippen molar-refractivity contribution in [2.45, 2.75) is 38.3 Å². The van der Waals surface area contributed by atoms with Gasteiger partial charge in [-0.15, -0.1) is 0 Å². The van der Waals surface area contributed by atoms with Gasteiger partial charge in [-0.2, -0.15) is 9.30 Å². The number of aromatic nitrogens is 1. The molecule has 0 atom stereocenters. The number of rotatable bonds is 5. The quantitative estimate of drug-likeness (QED) is 0.351. The van der Waals surface area contributed by atoms with Crippen molar-refractivity contribution >= 4 is 43.5 Å². The van der Waals surface area contributed by atoms with Crippen LogP contribution in [0.5, 0.6) is 0 Å². The maximum Gasteiger partial charge on any atom is 0.325 e. The molecule has 0 radical (unpaired) electrons. The molecule has 8 nitrogen and oxygen atoms in total. The van der Waals surface area contributed by atoms with Gasteiger partial charge in [-0.05, 0) is 72.9 Å². The van der Waals surface area contributed by atoms with E-state index < -0.39 is 21.9 Å². The number of carbonyl (C=O) groups is 2. The van der Waals surface area contributed by atoms with Gasteiger partial charge in [0.1, 0.15) is 6.54 Å². The first-order valence-corrected chi connectivity index (χ1v) is 14.4. The number of methoxy groups -OCH3 is 1. The Balaban J connectivity index is 1.45. The minimum atomic E-state index is -3.72. The molecule has 1 aromatic heterocycles. The van der Waals surface area contributed by atoms with Gasteiger partial charge < -0.3 is 9.30 Å². The van der Waals surface area contributed by atoms with Crippen LogP contribution in [-0.4, -0.2) is 42.8 Å². The number of thiazole rings is 1. The van der Waals surface area contributed by atoms with Crippen LogP contribution in [0.1, 0.15) is 32.6 Å². The number of fused-ring (bicyclic) bond motifs is 2. The van der Waals surface area contributed by atoms with Gasteiger partial charge in [0.25, 0.3) is 5.91 Å². The van der Waals surface area contributed by atoms with Crippen LogP contribution in [0.15, 0.2) is 70.6 Å². The summed E-state index contributed by atoms with van der Waals surface area (Å²) in [6, 6.07) is 17.7. The van der Waals surface area contributed by atoms with Gasteiger partial charge in [0, 0.05) is 18.7 Å². The van der Waals surface area contributed by atoms with Crippen LogP contribution in [0.25, 0.3) is 10.2 Å². The van der Waals surface area contributed by atoms with Crippen molar-refractivity contribution in [1.29, 1.82) is 0 Å². The second-order valence-electron chi connectivity index (χ2n) is 9.28. The van der Waals surface area contributed by atoms with E-state index in [4.69, 9.17) is 4.74 Å². The molecule has 3 aromatic carbocycles. The van der Waals surface area contributed by atoms with Crippen molar-refractivity contribution in [3.8, 4) is 0 Å². The summed E-state index contributed by atoms with van der Waals surface area (Å²) in [6.07, 6.45) is 0.657. The molecule has 0 N–H and O–H groups in total. The van der Waals surface area contributed by atoms with Crippen LogP contribution >= 0.6 is 11.3 Å². The van der Waals surface area contributed by atoms with Crippen LogP contribution in [-0.2, 0) is 39.1 Å². The molecule has 2 heterocycles. The number of amides is 1. The monoisotopic (exact) mass is 549 g/mol. The Hall–Kier alpha value is -3.60. The standard InChI is InChI=1S/C28H27N3O5S2/c1-18-14-19(2)26-24(15-18)31(17-25(32)36-3)28(37-26)29-27(33)21-8-10-23(11-9-21)38(34,35)30-13-12-20-6-4-5-7-22(20)16-30/h4-11,14-15H,12-13,16-17H2,1-3H3. The number of ether oxygens (including phenoxy) is 1. The van der Waals surface area contributed by atoms with E-state index in [1.54, 1.807) is 4.57 Å². The van der Waals surface area contributed by atoms with Crippen molar-refractivity contribution in [3.05, 3.63) is 93.3 Å². The number of sulfonamides is 1. The highest BCUT2D eigenvalue weighted by Gasteiger charge is 2.28. The molecule has 0 aliphatic carbocycles. The Kier molecular flexibility index (Phi) is 7.04. The number of nitrogens with zero attached hydrogens (tertiary/aromatic N) is 3. The third kappa shape index (κ3) is 4.94. The lowest BCUT2D eigenvalue weighted by Gasteiger charge is -2.28. The largest absolute Gasteiger partial charge is 0.468 e. The molecule has 1 aliphatic rings. The fourth-order valence-corrected chi connectivity index (χ4v) is 7.19.